The summed E-state index contributed by atoms with van der Waals surface area (Å²) in [5.74, 6) is 0.169. The van der Waals surface area contributed by atoms with Gasteiger partial charge in [0, 0.05) is 15.7 Å². The molecular formula is C14H17NOS2. The summed E-state index contributed by atoms with van der Waals surface area (Å²) in [5, 5.41) is 2.97. The van der Waals surface area contributed by atoms with Gasteiger partial charge in [0.2, 0.25) is 0 Å². The number of Topliss-reactive ketones (excluding diaryl/α,β-unsaturated/α-hetero) is 1. The fourth-order valence-electron chi connectivity index (χ4n) is 1.55. The highest BCUT2D eigenvalue weighted by Gasteiger charge is 2.19. The molecular weight excluding hydrogens is 262 g/mol. The maximum absolute atomic E-state index is 12.1. The lowest BCUT2D eigenvalue weighted by Gasteiger charge is -2.14. The summed E-state index contributed by atoms with van der Waals surface area (Å²) in [6.45, 7) is 8.42. The quantitative estimate of drug-likeness (QED) is 0.787. The van der Waals surface area contributed by atoms with Gasteiger partial charge in [0.25, 0.3) is 0 Å². The lowest BCUT2D eigenvalue weighted by Crippen LogP contribution is -2.12. The van der Waals surface area contributed by atoms with Crippen LogP contribution in [0.15, 0.2) is 17.5 Å². The van der Waals surface area contributed by atoms with Crippen molar-refractivity contribution in [3.8, 4) is 0 Å². The first-order valence-corrected chi connectivity index (χ1v) is 7.60. The molecule has 2 rings (SSSR count). The lowest BCUT2D eigenvalue weighted by atomic mass is 9.93. The number of ketones is 1. The second-order valence-electron chi connectivity index (χ2n) is 5.39. The minimum atomic E-state index is 0.0529. The normalized spacial score (nSPS) is 11.8. The van der Waals surface area contributed by atoms with Crippen LogP contribution >= 0.6 is 22.7 Å². The monoisotopic (exact) mass is 279 g/mol. The zero-order chi connectivity index (χ0) is 13.3. The zero-order valence-electron chi connectivity index (χ0n) is 11.1. The molecule has 0 saturated carbocycles. The highest BCUT2D eigenvalue weighted by Crippen LogP contribution is 2.25. The third-order valence-electron chi connectivity index (χ3n) is 2.65. The summed E-state index contributed by atoms with van der Waals surface area (Å²) >= 11 is 3.13. The first-order valence-electron chi connectivity index (χ1n) is 5.91. The van der Waals surface area contributed by atoms with Gasteiger partial charge in [0.1, 0.15) is 5.01 Å². The van der Waals surface area contributed by atoms with Crippen molar-refractivity contribution in [3.63, 3.8) is 0 Å². The highest BCUT2D eigenvalue weighted by molar-refractivity contribution is 7.14. The van der Waals surface area contributed by atoms with Crippen LogP contribution in [0.5, 0.6) is 0 Å². The number of hydrogen-bond acceptors (Lipinski definition) is 4. The van der Waals surface area contributed by atoms with Gasteiger partial charge in [0.15, 0.2) is 5.78 Å². The first-order chi connectivity index (χ1) is 8.36. The van der Waals surface area contributed by atoms with Gasteiger partial charge >= 0.3 is 0 Å². The Morgan fingerprint density at radius 2 is 2.06 bits per heavy atom. The standard InChI is InChI=1S/C14H17NOS2/c1-9-5-6-11(18-9)10(16)7-13-15-12(8-17-13)14(2,3)4/h5-6,8H,7H2,1-4H3. The molecule has 0 amide bonds. The Kier molecular flexibility index (Phi) is 3.69. The summed E-state index contributed by atoms with van der Waals surface area (Å²) < 4.78 is 0. The molecule has 2 aromatic rings. The Labute approximate surface area is 116 Å². The maximum Gasteiger partial charge on any atom is 0.179 e. The molecule has 0 fully saturated rings. The van der Waals surface area contributed by atoms with Gasteiger partial charge in [-0.15, -0.1) is 22.7 Å². The van der Waals surface area contributed by atoms with E-state index in [1.807, 2.05) is 19.1 Å². The second kappa shape index (κ2) is 4.94. The van der Waals surface area contributed by atoms with E-state index in [1.165, 1.54) is 4.88 Å². The molecule has 0 aliphatic carbocycles. The Bertz CT molecular complexity index is 560. The molecule has 0 radical (unpaired) electrons. The maximum atomic E-state index is 12.1. The molecule has 0 unspecified atom stereocenters. The molecule has 0 aliphatic heterocycles. The highest BCUT2D eigenvalue weighted by atomic mass is 32.1. The Hall–Kier alpha value is -1.00. The molecule has 0 aliphatic rings. The van der Waals surface area contributed by atoms with E-state index >= 15 is 0 Å². The van der Waals surface area contributed by atoms with Crippen molar-refractivity contribution >= 4 is 28.5 Å². The fourth-order valence-corrected chi connectivity index (χ4v) is 3.37. The second-order valence-corrected chi connectivity index (χ2v) is 7.62. The van der Waals surface area contributed by atoms with Crippen LogP contribution in [0, 0.1) is 6.92 Å². The van der Waals surface area contributed by atoms with Crippen molar-refractivity contribution in [2.45, 2.75) is 39.5 Å². The Morgan fingerprint density at radius 1 is 1.33 bits per heavy atom. The van der Waals surface area contributed by atoms with Crippen molar-refractivity contribution in [2.75, 3.05) is 0 Å². The predicted octanol–water partition coefficient (Wildman–Crippen LogP) is 4.24. The Balaban J connectivity index is 2.10. The third-order valence-corrected chi connectivity index (χ3v) is 4.54. The molecule has 0 spiro atoms. The minimum absolute atomic E-state index is 0.0529. The van der Waals surface area contributed by atoms with Crippen LogP contribution in [0.25, 0.3) is 0 Å². The Morgan fingerprint density at radius 3 is 2.56 bits per heavy atom. The van der Waals surface area contributed by atoms with E-state index in [0.29, 0.717) is 6.42 Å². The predicted molar refractivity (Wildman–Crippen MR) is 77.9 cm³/mol. The number of rotatable bonds is 3. The van der Waals surface area contributed by atoms with Crippen molar-refractivity contribution in [2.24, 2.45) is 0 Å². The number of aromatic nitrogens is 1. The fraction of sp³-hybridized carbons (Fsp3) is 0.429. The zero-order valence-corrected chi connectivity index (χ0v) is 12.7. The van der Waals surface area contributed by atoms with Crippen molar-refractivity contribution in [1.82, 2.24) is 4.98 Å². The average molecular weight is 279 g/mol. The molecule has 2 nitrogen and oxygen atoms in total. The van der Waals surface area contributed by atoms with Crippen molar-refractivity contribution in [3.05, 3.63) is 38.0 Å². The number of nitrogens with zero attached hydrogens (tertiary/aromatic N) is 1. The summed E-state index contributed by atoms with van der Waals surface area (Å²) in [4.78, 5) is 18.6. The summed E-state index contributed by atoms with van der Waals surface area (Å²) in [7, 11) is 0. The number of aryl methyl sites for hydroxylation is 1. The van der Waals surface area contributed by atoms with Gasteiger partial charge in [0.05, 0.1) is 17.0 Å². The molecule has 2 aromatic heterocycles. The van der Waals surface area contributed by atoms with Crippen molar-refractivity contribution in [1.29, 1.82) is 0 Å². The summed E-state index contributed by atoms with van der Waals surface area (Å²) in [6, 6.07) is 3.89. The summed E-state index contributed by atoms with van der Waals surface area (Å²) in [6.07, 6.45) is 0.417. The van der Waals surface area contributed by atoms with Gasteiger partial charge < -0.3 is 0 Å². The van der Waals surface area contributed by atoms with E-state index in [0.717, 1.165) is 15.6 Å². The first kappa shape index (κ1) is 13.4. The van der Waals surface area contributed by atoms with Crippen LogP contribution in [-0.2, 0) is 11.8 Å². The third kappa shape index (κ3) is 3.06. The molecule has 2 heterocycles. The van der Waals surface area contributed by atoms with Crippen LogP contribution in [0.1, 0.15) is 46.0 Å². The SMILES string of the molecule is Cc1ccc(C(=O)Cc2nc(C(C)(C)C)cs2)s1. The summed E-state index contributed by atoms with van der Waals surface area (Å²) in [5.41, 5.74) is 1.12. The van der Waals surface area contributed by atoms with Crippen LogP contribution < -0.4 is 0 Å². The average Bonchev–Trinajstić information content (AvgIpc) is 2.85. The van der Waals surface area contributed by atoms with Crippen LogP contribution in [-0.4, -0.2) is 10.8 Å². The van der Waals surface area contributed by atoms with E-state index < -0.39 is 0 Å². The molecule has 4 heteroatoms. The van der Waals surface area contributed by atoms with Crippen LogP contribution in [0.4, 0.5) is 0 Å². The number of thiazole rings is 1. The van der Waals surface area contributed by atoms with E-state index in [1.54, 1.807) is 22.7 Å². The number of carbonyl (C=O) groups excluding carboxylic acids is 1. The number of hydrogen-bond donors (Lipinski definition) is 0. The van der Waals surface area contributed by atoms with Gasteiger partial charge in [-0.1, -0.05) is 20.8 Å². The van der Waals surface area contributed by atoms with E-state index in [9.17, 15) is 4.79 Å². The molecule has 96 valence electrons. The van der Waals surface area contributed by atoms with Crippen molar-refractivity contribution < 1.29 is 4.79 Å². The smallest absolute Gasteiger partial charge is 0.179 e. The van der Waals surface area contributed by atoms with Gasteiger partial charge in [-0.05, 0) is 19.1 Å². The van der Waals surface area contributed by atoms with Gasteiger partial charge in [-0.3, -0.25) is 4.79 Å². The molecule has 0 saturated heterocycles. The molecule has 0 N–H and O–H groups in total. The number of thiophene rings is 1. The van der Waals surface area contributed by atoms with E-state index in [2.05, 4.69) is 31.1 Å². The lowest BCUT2D eigenvalue weighted by molar-refractivity contribution is 0.0996. The molecule has 18 heavy (non-hydrogen) atoms. The topological polar surface area (TPSA) is 30.0 Å². The van der Waals surface area contributed by atoms with E-state index in [4.69, 9.17) is 0 Å². The minimum Gasteiger partial charge on any atom is -0.293 e. The van der Waals surface area contributed by atoms with Crippen LogP contribution in [0.3, 0.4) is 0 Å². The molecule has 0 bridgehead atoms. The van der Waals surface area contributed by atoms with Gasteiger partial charge in [-0.2, -0.15) is 0 Å². The van der Waals surface area contributed by atoms with E-state index in [-0.39, 0.29) is 11.2 Å². The number of carbonyl (C=O) groups is 1. The largest absolute Gasteiger partial charge is 0.293 e. The van der Waals surface area contributed by atoms with Crippen LogP contribution in [0.2, 0.25) is 0 Å². The molecule has 0 aromatic carbocycles. The molecule has 0 atom stereocenters. The van der Waals surface area contributed by atoms with Gasteiger partial charge in [-0.25, -0.2) is 4.98 Å².